The van der Waals surface area contributed by atoms with Crippen molar-refractivity contribution in [2.75, 3.05) is 37.1 Å². The third kappa shape index (κ3) is 5.42. The fourth-order valence-electron chi connectivity index (χ4n) is 4.95. The zero-order valence-electron chi connectivity index (χ0n) is 21.8. The van der Waals surface area contributed by atoms with E-state index >= 15 is 0 Å². The van der Waals surface area contributed by atoms with E-state index < -0.39 is 23.9 Å². The highest BCUT2D eigenvalue weighted by Crippen LogP contribution is 2.38. The maximum atomic E-state index is 14.2. The number of hydrogen-bond donors (Lipinski definition) is 1. The maximum Gasteiger partial charge on any atom is 0.340 e. The van der Waals surface area contributed by atoms with Crippen LogP contribution in [0.1, 0.15) is 33.8 Å². The SMILES string of the molecule is COC(=O)c1cc(N2CCCOc3ccc(F)cc32)ncc1N(C)C(O)C(c1ccccc1)c1ccccc1. The van der Waals surface area contributed by atoms with Gasteiger partial charge in [-0.25, -0.2) is 14.2 Å². The summed E-state index contributed by atoms with van der Waals surface area (Å²) >= 11 is 0. The van der Waals surface area contributed by atoms with Gasteiger partial charge in [-0.2, -0.15) is 0 Å². The summed E-state index contributed by atoms with van der Waals surface area (Å²) in [7, 11) is 3.03. The van der Waals surface area contributed by atoms with Gasteiger partial charge in [0.05, 0.1) is 42.8 Å². The first-order valence-corrected chi connectivity index (χ1v) is 12.8. The smallest absolute Gasteiger partial charge is 0.340 e. The predicted molar refractivity (Wildman–Crippen MR) is 148 cm³/mol. The molecular formula is C31H30FN3O4. The number of aliphatic hydroxyl groups excluding tert-OH is 1. The van der Waals surface area contributed by atoms with Crippen LogP contribution in [0.4, 0.5) is 21.6 Å². The molecule has 0 bridgehead atoms. The van der Waals surface area contributed by atoms with Crippen LogP contribution in [0.15, 0.2) is 91.1 Å². The van der Waals surface area contributed by atoms with Crippen molar-refractivity contribution in [1.29, 1.82) is 0 Å². The Bertz CT molecular complexity index is 1400. The minimum Gasteiger partial charge on any atom is -0.491 e. The molecule has 1 atom stereocenters. The molecule has 2 heterocycles. The fourth-order valence-corrected chi connectivity index (χ4v) is 4.95. The largest absolute Gasteiger partial charge is 0.491 e. The van der Waals surface area contributed by atoms with Gasteiger partial charge in [0.2, 0.25) is 0 Å². The van der Waals surface area contributed by atoms with E-state index in [0.717, 1.165) is 11.1 Å². The Labute approximate surface area is 227 Å². The molecule has 5 rings (SSSR count). The third-order valence-electron chi connectivity index (χ3n) is 6.94. The van der Waals surface area contributed by atoms with E-state index in [0.29, 0.717) is 42.5 Å². The highest BCUT2D eigenvalue weighted by atomic mass is 19.1. The number of esters is 1. The third-order valence-corrected chi connectivity index (χ3v) is 6.94. The number of fused-ring (bicyclic) bond motifs is 1. The second-order valence-corrected chi connectivity index (χ2v) is 9.34. The van der Waals surface area contributed by atoms with Gasteiger partial charge in [0.15, 0.2) is 0 Å². The number of nitrogens with zero attached hydrogens (tertiary/aromatic N) is 3. The van der Waals surface area contributed by atoms with Crippen LogP contribution in [0.25, 0.3) is 0 Å². The van der Waals surface area contributed by atoms with E-state index in [1.807, 2.05) is 65.6 Å². The van der Waals surface area contributed by atoms with Gasteiger partial charge in [-0.1, -0.05) is 60.7 Å². The first-order valence-electron chi connectivity index (χ1n) is 12.8. The summed E-state index contributed by atoms with van der Waals surface area (Å²) < 4.78 is 25.1. The Morgan fingerprint density at radius 1 is 1.05 bits per heavy atom. The molecule has 1 aromatic heterocycles. The Morgan fingerprint density at radius 2 is 1.72 bits per heavy atom. The summed E-state index contributed by atoms with van der Waals surface area (Å²) in [6, 6.07) is 25.4. The summed E-state index contributed by atoms with van der Waals surface area (Å²) in [6.45, 7) is 0.998. The van der Waals surface area contributed by atoms with Gasteiger partial charge >= 0.3 is 5.97 Å². The normalized spacial score (nSPS) is 13.7. The molecule has 0 spiro atoms. The number of ether oxygens (including phenoxy) is 2. The van der Waals surface area contributed by atoms with Crippen LogP contribution in [-0.4, -0.2) is 49.6 Å². The van der Waals surface area contributed by atoms with E-state index in [-0.39, 0.29) is 5.56 Å². The average Bonchev–Trinajstić information content (AvgIpc) is 3.19. The van der Waals surface area contributed by atoms with Crippen molar-refractivity contribution in [3.63, 3.8) is 0 Å². The zero-order chi connectivity index (χ0) is 27.4. The number of hydrogen-bond acceptors (Lipinski definition) is 7. The lowest BCUT2D eigenvalue weighted by Crippen LogP contribution is -2.38. The van der Waals surface area contributed by atoms with Crippen molar-refractivity contribution in [3.05, 3.63) is 114 Å². The summed E-state index contributed by atoms with van der Waals surface area (Å²) in [4.78, 5) is 21.1. The van der Waals surface area contributed by atoms with Crippen LogP contribution in [0, 0.1) is 5.82 Å². The quantitative estimate of drug-likeness (QED) is 0.251. The van der Waals surface area contributed by atoms with Crippen molar-refractivity contribution in [1.82, 2.24) is 4.98 Å². The number of likely N-dealkylation sites (N-methyl/N-ethyl adjacent to an activating group) is 1. The van der Waals surface area contributed by atoms with E-state index in [4.69, 9.17) is 9.47 Å². The fraction of sp³-hybridized carbons (Fsp3) is 0.226. The Hall–Kier alpha value is -4.43. The van der Waals surface area contributed by atoms with Crippen molar-refractivity contribution in [3.8, 4) is 5.75 Å². The van der Waals surface area contributed by atoms with E-state index in [2.05, 4.69) is 4.98 Å². The molecular weight excluding hydrogens is 497 g/mol. The zero-order valence-corrected chi connectivity index (χ0v) is 21.8. The van der Waals surface area contributed by atoms with Crippen LogP contribution in [0.2, 0.25) is 0 Å². The molecule has 200 valence electrons. The van der Waals surface area contributed by atoms with E-state index in [9.17, 15) is 14.3 Å². The average molecular weight is 528 g/mol. The molecule has 3 aromatic carbocycles. The summed E-state index contributed by atoms with van der Waals surface area (Å²) in [6.07, 6.45) is 1.19. The molecule has 39 heavy (non-hydrogen) atoms. The number of aliphatic hydroxyl groups is 1. The number of anilines is 3. The predicted octanol–water partition coefficient (Wildman–Crippen LogP) is 5.51. The molecule has 0 saturated carbocycles. The number of carbonyl (C=O) groups is 1. The minimum absolute atomic E-state index is 0.229. The first-order chi connectivity index (χ1) is 19.0. The van der Waals surface area contributed by atoms with Gasteiger partial charge in [0, 0.05) is 19.7 Å². The Kier molecular flexibility index (Phi) is 7.74. The van der Waals surface area contributed by atoms with Crippen LogP contribution < -0.4 is 14.5 Å². The second kappa shape index (κ2) is 11.5. The molecule has 1 unspecified atom stereocenters. The number of halogens is 1. The molecule has 1 N–H and O–H groups in total. The van der Waals surface area contributed by atoms with Crippen molar-refractivity contribution >= 4 is 23.2 Å². The summed E-state index contributed by atoms with van der Waals surface area (Å²) in [5, 5.41) is 11.7. The lowest BCUT2D eigenvalue weighted by molar-refractivity contribution is 0.0600. The molecule has 1 aliphatic rings. The van der Waals surface area contributed by atoms with Gasteiger partial charge < -0.3 is 24.4 Å². The van der Waals surface area contributed by atoms with Crippen molar-refractivity contribution in [2.24, 2.45) is 0 Å². The van der Waals surface area contributed by atoms with E-state index in [1.165, 1.54) is 19.2 Å². The summed E-state index contributed by atoms with van der Waals surface area (Å²) in [5.74, 6) is -0.387. The Morgan fingerprint density at radius 3 is 2.36 bits per heavy atom. The molecule has 0 saturated heterocycles. The lowest BCUT2D eigenvalue weighted by atomic mass is 9.89. The van der Waals surface area contributed by atoms with Crippen LogP contribution in [-0.2, 0) is 4.74 Å². The molecule has 0 aliphatic carbocycles. The Balaban J connectivity index is 1.55. The number of benzene rings is 3. The molecule has 4 aromatic rings. The molecule has 0 fully saturated rings. The maximum absolute atomic E-state index is 14.2. The highest BCUT2D eigenvalue weighted by Gasteiger charge is 2.30. The van der Waals surface area contributed by atoms with Gasteiger partial charge in [-0.15, -0.1) is 0 Å². The number of aromatic nitrogens is 1. The first kappa shape index (κ1) is 26.2. The van der Waals surface area contributed by atoms with Crippen LogP contribution in [0.5, 0.6) is 5.75 Å². The standard InChI is InChI=1S/C31H30FN3O4/c1-34(30(36)29(21-10-5-3-6-11-21)22-12-7-4-8-13-22)26-20-33-28(19-24(26)31(37)38-2)35-16-9-17-39-27-15-14-23(32)18-25(27)35/h3-8,10-15,18-20,29-30,36H,9,16-17H2,1-2H3. The second-order valence-electron chi connectivity index (χ2n) is 9.34. The van der Waals surface area contributed by atoms with Crippen LogP contribution in [0.3, 0.4) is 0 Å². The number of methoxy groups -OCH3 is 1. The number of pyridine rings is 1. The topological polar surface area (TPSA) is 75.1 Å². The highest BCUT2D eigenvalue weighted by molar-refractivity contribution is 5.97. The van der Waals surface area contributed by atoms with Crippen LogP contribution >= 0.6 is 0 Å². The number of rotatable bonds is 7. The molecule has 0 radical (unpaired) electrons. The van der Waals surface area contributed by atoms with Crippen molar-refractivity contribution < 1.29 is 23.8 Å². The van der Waals surface area contributed by atoms with Gasteiger partial charge in [-0.05, 0) is 35.7 Å². The van der Waals surface area contributed by atoms with Crippen molar-refractivity contribution in [2.45, 2.75) is 18.6 Å². The molecule has 8 heteroatoms. The molecule has 7 nitrogen and oxygen atoms in total. The molecule has 1 aliphatic heterocycles. The van der Waals surface area contributed by atoms with Gasteiger partial charge in [0.1, 0.15) is 23.6 Å². The lowest BCUT2D eigenvalue weighted by Gasteiger charge is -2.34. The molecule has 0 amide bonds. The minimum atomic E-state index is -1.03. The monoisotopic (exact) mass is 527 g/mol. The van der Waals surface area contributed by atoms with Gasteiger partial charge in [-0.3, -0.25) is 0 Å². The number of carbonyl (C=O) groups excluding carboxylic acids is 1. The van der Waals surface area contributed by atoms with Gasteiger partial charge in [0.25, 0.3) is 0 Å². The summed E-state index contributed by atoms with van der Waals surface area (Å²) in [5.41, 5.74) is 3.02. The van der Waals surface area contributed by atoms with E-state index in [1.54, 1.807) is 30.3 Å².